The van der Waals surface area contributed by atoms with Gasteiger partial charge in [-0.15, -0.1) is 0 Å². The Hall–Kier alpha value is -3.15. The number of benzene rings is 1. The number of ether oxygens (including phenoxy) is 1. The Kier molecular flexibility index (Phi) is 4.29. The summed E-state index contributed by atoms with van der Waals surface area (Å²) in [5.74, 6) is -0.603. The van der Waals surface area contributed by atoms with Gasteiger partial charge in [0.05, 0.1) is 18.3 Å². The molecular weight excluding hydrogens is 306 g/mol. The third kappa shape index (κ3) is 3.12. The lowest BCUT2D eigenvalue weighted by Gasteiger charge is -2.09. The summed E-state index contributed by atoms with van der Waals surface area (Å²) in [6, 6.07) is 8.76. The van der Waals surface area contributed by atoms with Crippen LogP contribution in [0.5, 0.6) is 0 Å². The number of rotatable bonds is 4. The third-order valence-electron chi connectivity index (χ3n) is 3.86. The van der Waals surface area contributed by atoms with Gasteiger partial charge in [0, 0.05) is 23.8 Å². The van der Waals surface area contributed by atoms with E-state index in [1.54, 1.807) is 6.20 Å². The number of aryl methyl sites for hydroxylation is 2. The summed E-state index contributed by atoms with van der Waals surface area (Å²) < 4.78 is 4.64. The lowest BCUT2D eigenvalue weighted by atomic mass is 10.0. The topological polar surface area (TPSA) is 98.1 Å². The average Bonchev–Trinajstić information content (AvgIpc) is 2.60. The number of fused-ring (bicyclic) bond motifs is 1. The van der Waals surface area contributed by atoms with Gasteiger partial charge < -0.3 is 15.5 Å². The molecule has 2 heterocycles. The molecule has 0 unspecified atom stereocenters. The molecule has 6 nitrogen and oxygen atoms in total. The van der Waals surface area contributed by atoms with Crippen LogP contribution in [0.15, 0.2) is 47.5 Å². The van der Waals surface area contributed by atoms with Gasteiger partial charge in [0.15, 0.2) is 5.43 Å². The highest BCUT2D eigenvalue weighted by Crippen LogP contribution is 2.21. The molecule has 1 aromatic carbocycles. The number of pyridine rings is 2. The molecule has 0 saturated carbocycles. The normalized spacial score (nSPS) is 10.7. The molecule has 0 radical (unpaired) electrons. The van der Waals surface area contributed by atoms with Crippen molar-refractivity contribution in [3.8, 4) is 0 Å². The zero-order valence-electron chi connectivity index (χ0n) is 13.2. The molecule has 0 bridgehead atoms. The highest BCUT2D eigenvalue weighted by Gasteiger charge is 2.12. The van der Waals surface area contributed by atoms with E-state index in [-0.39, 0.29) is 11.1 Å². The SMILES string of the molecule is COC(=O)c1cc(=O)c2cc(CCc3cccnc3)cc(N)c2[nH]1. The molecule has 0 aliphatic heterocycles. The molecule has 3 N–H and O–H groups in total. The van der Waals surface area contributed by atoms with Crippen molar-refractivity contribution in [3.63, 3.8) is 0 Å². The van der Waals surface area contributed by atoms with Crippen LogP contribution >= 0.6 is 0 Å². The second-order valence-corrected chi connectivity index (χ2v) is 5.51. The maximum atomic E-state index is 12.3. The number of H-pyrrole nitrogens is 1. The molecular formula is C18H17N3O3. The van der Waals surface area contributed by atoms with Crippen molar-refractivity contribution in [1.82, 2.24) is 9.97 Å². The van der Waals surface area contributed by atoms with Crippen LogP contribution in [0.1, 0.15) is 21.6 Å². The fourth-order valence-electron chi connectivity index (χ4n) is 2.64. The van der Waals surface area contributed by atoms with Crippen LogP contribution in [0.25, 0.3) is 10.9 Å². The molecule has 0 spiro atoms. The number of carbonyl (C=O) groups is 1. The number of aromatic amines is 1. The van der Waals surface area contributed by atoms with E-state index in [9.17, 15) is 9.59 Å². The molecule has 122 valence electrons. The molecule has 0 aliphatic carbocycles. The van der Waals surface area contributed by atoms with Gasteiger partial charge in [-0.05, 0) is 42.2 Å². The number of anilines is 1. The summed E-state index contributed by atoms with van der Waals surface area (Å²) >= 11 is 0. The summed E-state index contributed by atoms with van der Waals surface area (Å²) in [5.41, 5.74) is 8.85. The number of aromatic nitrogens is 2. The second-order valence-electron chi connectivity index (χ2n) is 5.51. The van der Waals surface area contributed by atoms with E-state index in [0.29, 0.717) is 16.6 Å². The molecule has 6 heteroatoms. The first-order valence-corrected chi connectivity index (χ1v) is 7.51. The molecule has 3 aromatic rings. The Bertz CT molecular complexity index is 949. The van der Waals surface area contributed by atoms with Crippen LogP contribution in [0, 0.1) is 0 Å². The summed E-state index contributed by atoms with van der Waals surface area (Å²) in [6.45, 7) is 0. The fourth-order valence-corrected chi connectivity index (χ4v) is 2.64. The van der Waals surface area contributed by atoms with Crippen molar-refractivity contribution in [2.75, 3.05) is 12.8 Å². The molecule has 24 heavy (non-hydrogen) atoms. The van der Waals surface area contributed by atoms with Gasteiger partial charge >= 0.3 is 5.97 Å². The number of carbonyl (C=O) groups excluding carboxylic acids is 1. The Balaban J connectivity index is 1.96. The van der Waals surface area contributed by atoms with Gasteiger partial charge in [-0.25, -0.2) is 4.79 Å². The molecule has 0 saturated heterocycles. The minimum atomic E-state index is -0.603. The van der Waals surface area contributed by atoms with E-state index >= 15 is 0 Å². The van der Waals surface area contributed by atoms with Crippen LogP contribution in [-0.4, -0.2) is 23.0 Å². The van der Waals surface area contributed by atoms with Gasteiger partial charge in [-0.2, -0.15) is 0 Å². The van der Waals surface area contributed by atoms with Crippen molar-refractivity contribution < 1.29 is 9.53 Å². The first-order chi connectivity index (χ1) is 11.6. The Morgan fingerprint density at radius 2 is 2.04 bits per heavy atom. The molecule has 0 amide bonds. The van der Waals surface area contributed by atoms with E-state index in [1.807, 2.05) is 30.5 Å². The molecule has 0 fully saturated rings. The average molecular weight is 323 g/mol. The number of nitrogens with zero attached hydrogens (tertiary/aromatic N) is 1. The van der Waals surface area contributed by atoms with Crippen LogP contribution < -0.4 is 11.2 Å². The smallest absolute Gasteiger partial charge is 0.354 e. The van der Waals surface area contributed by atoms with Crippen LogP contribution in [0.2, 0.25) is 0 Å². The highest BCUT2D eigenvalue weighted by atomic mass is 16.5. The number of nitrogens with two attached hydrogens (primary N) is 1. The zero-order chi connectivity index (χ0) is 17.1. The van der Waals surface area contributed by atoms with Gasteiger partial charge in [0.1, 0.15) is 5.69 Å². The van der Waals surface area contributed by atoms with Gasteiger partial charge in [-0.1, -0.05) is 6.07 Å². The predicted octanol–water partition coefficient (Wildman–Crippen LogP) is 2.08. The summed E-state index contributed by atoms with van der Waals surface area (Å²) in [7, 11) is 1.26. The maximum Gasteiger partial charge on any atom is 0.354 e. The molecule has 0 aliphatic rings. The number of methoxy groups -OCH3 is 1. The summed E-state index contributed by atoms with van der Waals surface area (Å²) in [5, 5.41) is 0.462. The minimum absolute atomic E-state index is 0.0878. The molecule has 0 atom stereocenters. The first-order valence-electron chi connectivity index (χ1n) is 7.51. The highest BCUT2D eigenvalue weighted by molar-refractivity contribution is 5.95. The van der Waals surface area contributed by atoms with Gasteiger partial charge in [0.25, 0.3) is 0 Å². The van der Waals surface area contributed by atoms with Crippen molar-refractivity contribution in [1.29, 1.82) is 0 Å². The lowest BCUT2D eigenvalue weighted by molar-refractivity contribution is 0.0594. The standard InChI is InChI=1S/C18H17N3O3/c1-24-18(23)15-9-16(22)13-7-12(8-14(19)17(13)21-15)5-4-11-3-2-6-20-10-11/h2-3,6-10H,4-5,19H2,1H3,(H,21,22). The van der Waals surface area contributed by atoms with Gasteiger partial charge in [0.2, 0.25) is 0 Å². The number of hydrogen-bond donors (Lipinski definition) is 2. The number of esters is 1. The third-order valence-corrected chi connectivity index (χ3v) is 3.86. The van der Waals surface area contributed by atoms with E-state index in [2.05, 4.69) is 14.7 Å². The first kappa shape index (κ1) is 15.7. The monoisotopic (exact) mass is 323 g/mol. The Morgan fingerprint density at radius 3 is 2.75 bits per heavy atom. The zero-order valence-corrected chi connectivity index (χ0v) is 13.2. The maximum absolute atomic E-state index is 12.3. The summed E-state index contributed by atoms with van der Waals surface area (Å²) in [4.78, 5) is 30.9. The van der Waals surface area contributed by atoms with Gasteiger partial charge in [-0.3, -0.25) is 9.78 Å². The van der Waals surface area contributed by atoms with E-state index < -0.39 is 5.97 Å². The number of nitrogens with one attached hydrogen (secondary N) is 1. The van der Waals surface area contributed by atoms with Crippen molar-refractivity contribution >= 4 is 22.6 Å². The Labute approximate surface area is 138 Å². The Morgan fingerprint density at radius 1 is 1.25 bits per heavy atom. The van der Waals surface area contributed by atoms with E-state index in [1.165, 1.54) is 13.2 Å². The van der Waals surface area contributed by atoms with E-state index in [4.69, 9.17) is 5.73 Å². The van der Waals surface area contributed by atoms with Crippen molar-refractivity contribution in [2.45, 2.75) is 12.8 Å². The van der Waals surface area contributed by atoms with Crippen molar-refractivity contribution in [2.24, 2.45) is 0 Å². The molecule has 2 aromatic heterocycles. The quantitative estimate of drug-likeness (QED) is 0.566. The largest absolute Gasteiger partial charge is 0.464 e. The number of nitrogen functional groups attached to an aromatic ring is 1. The van der Waals surface area contributed by atoms with Crippen LogP contribution in [0.3, 0.4) is 0 Å². The van der Waals surface area contributed by atoms with Crippen LogP contribution in [-0.2, 0) is 17.6 Å². The molecule has 3 rings (SSSR count). The predicted molar refractivity (Wildman–Crippen MR) is 92.0 cm³/mol. The number of hydrogen-bond acceptors (Lipinski definition) is 5. The van der Waals surface area contributed by atoms with Crippen molar-refractivity contribution in [3.05, 3.63) is 69.8 Å². The fraction of sp³-hybridized carbons (Fsp3) is 0.167. The lowest BCUT2D eigenvalue weighted by Crippen LogP contribution is -2.12. The van der Waals surface area contributed by atoms with E-state index in [0.717, 1.165) is 24.0 Å². The minimum Gasteiger partial charge on any atom is -0.464 e. The second kappa shape index (κ2) is 6.54. The van der Waals surface area contributed by atoms with Crippen LogP contribution in [0.4, 0.5) is 5.69 Å². The summed E-state index contributed by atoms with van der Waals surface area (Å²) in [6.07, 6.45) is 5.09.